The maximum atomic E-state index is 11.9. The zero-order valence-electron chi connectivity index (χ0n) is 11.1. The molecule has 1 atom stereocenters. The molecule has 1 rings (SSSR count). The van der Waals surface area contributed by atoms with Crippen molar-refractivity contribution in [3.63, 3.8) is 0 Å². The molecule has 2 N–H and O–H groups in total. The molecule has 19 heavy (non-hydrogen) atoms. The highest BCUT2D eigenvalue weighted by Gasteiger charge is 2.23. The molecule has 0 bridgehead atoms. The van der Waals surface area contributed by atoms with Crippen LogP contribution in [0, 0.1) is 6.92 Å². The summed E-state index contributed by atoms with van der Waals surface area (Å²) in [5.41, 5.74) is 1.47. The fourth-order valence-electron chi connectivity index (χ4n) is 1.60. The highest BCUT2D eigenvalue weighted by atomic mass is 35.5. The first kappa shape index (κ1) is 15.5. The van der Waals surface area contributed by atoms with Gasteiger partial charge in [-0.2, -0.15) is 0 Å². The van der Waals surface area contributed by atoms with Crippen molar-refractivity contribution in [1.82, 2.24) is 4.90 Å². The van der Waals surface area contributed by atoms with Gasteiger partial charge in [-0.25, -0.2) is 0 Å². The Balaban J connectivity index is 2.74. The van der Waals surface area contributed by atoms with E-state index < -0.39 is 12.0 Å². The van der Waals surface area contributed by atoms with E-state index in [-0.39, 0.29) is 12.3 Å². The third-order valence-corrected chi connectivity index (χ3v) is 3.00. The average Bonchev–Trinajstić information content (AvgIpc) is 2.30. The minimum Gasteiger partial charge on any atom is -0.480 e. The van der Waals surface area contributed by atoms with Gasteiger partial charge in [0.2, 0.25) is 5.91 Å². The molecule has 0 aliphatic heterocycles. The molecule has 1 unspecified atom stereocenters. The molecule has 0 spiro atoms. The summed E-state index contributed by atoms with van der Waals surface area (Å²) in [5.74, 6) is -1.38. The number of hydrogen-bond donors (Lipinski definition) is 2. The molecule has 1 aromatic carbocycles. The van der Waals surface area contributed by atoms with Gasteiger partial charge in [0.15, 0.2) is 0 Å². The number of carbonyl (C=O) groups is 2. The number of aliphatic carboxylic acids is 1. The van der Waals surface area contributed by atoms with Gasteiger partial charge < -0.3 is 10.4 Å². The van der Waals surface area contributed by atoms with Crippen LogP contribution in [0.2, 0.25) is 5.02 Å². The van der Waals surface area contributed by atoms with Gasteiger partial charge in [0.25, 0.3) is 0 Å². The van der Waals surface area contributed by atoms with E-state index in [1.54, 1.807) is 32.3 Å². The Morgan fingerprint density at radius 3 is 2.58 bits per heavy atom. The Kier molecular flexibility index (Phi) is 5.32. The first-order valence-corrected chi connectivity index (χ1v) is 6.14. The summed E-state index contributed by atoms with van der Waals surface area (Å²) in [6, 6.07) is 4.31. The second kappa shape index (κ2) is 6.54. The lowest BCUT2D eigenvalue weighted by Crippen LogP contribution is -2.38. The number of nitrogens with one attached hydrogen (secondary N) is 1. The van der Waals surface area contributed by atoms with Gasteiger partial charge in [-0.15, -0.1) is 0 Å². The van der Waals surface area contributed by atoms with Crippen molar-refractivity contribution in [2.45, 2.75) is 19.4 Å². The van der Waals surface area contributed by atoms with E-state index in [2.05, 4.69) is 5.32 Å². The number of amides is 1. The minimum absolute atomic E-state index is 0.117. The predicted octanol–water partition coefficient (Wildman–Crippen LogP) is 1.99. The number of carboxylic acids is 1. The lowest BCUT2D eigenvalue weighted by molar-refractivity contribution is -0.144. The van der Waals surface area contributed by atoms with E-state index in [4.69, 9.17) is 16.7 Å². The predicted molar refractivity (Wildman–Crippen MR) is 74.5 cm³/mol. The van der Waals surface area contributed by atoms with Gasteiger partial charge in [0.1, 0.15) is 6.04 Å². The van der Waals surface area contributed by atoms with Gasteiger partial charge >= 0.3 is 5.97 Å². The molecule has 0 aromatic heterocycles. The number of anilines is 1. The molecule has 0 saturated carbocycles. The van der Waals surface area contributed by atoms with Crippen LogP contribution >= 0.6 is 11.6 Å². The van der Waals surface area contributed by atoms with Gasteiger partial charge in [-0.1, -0.05) is 17.7 Å². The number of carboxylic acid groups (broad SMARTS) is 1. The Labute approximate surface area is 117 Å². The van der Waals surface area contributed by atoms with Gasteiger partial charge in [0, 0.05) is 10.7 Å². The largest absolute Gasteiger partial charge is 0.480 e. The van der Waals surface area contributed by atoms with Crippen molar-refractivity contribution in [3.05, 3.63) is 28.8 Å². The van der Waals surface area contributed by atoms with Gasteiger partial charge in [-0.05, 0) is 38.7 Å². The number of carbonyl (C=O) groups excluding carboxylic acids is 1. The Morgan fingerprint density at radius 1 is 1.42 bits per heavy atom. The van der Waals surface area contributed by atoms with Crippen LogP contribution < -0.4 is 5.32 Å². The maximum Gasteiger partial charge on any atom is 0.321 e. The van der Waals surface area contributed by atoms with E-state index >= 15 is 0 Å². The molecule has 0 aliphatic carbocycles. The molecular formula is C13H17ClN2O3. The van der Waals surface area contributed by atoms with Crippen molar-refractivity contribution in [3.8, 4) is 0 Å². The summed E-state index contributed by atoms with van der Waals surface area (Å²) in [4.78, 5) is 24.4. The summed E-state index contributed by atoms with van der Waals surface area (Å²) in [5, 5.41) is 12.2. The quantitative estimate of drug-likeness (QED) is 0.867. The maximum absolute atomic E-state index is 11.9. The molecule has 0 aliphatic rings. The SMILES string of the molecule is Cc1ccc(Cl)cc1NC(=O)CC(C(=O)O)N(C)C. The first-order chi connectivity index (χ1) is 8.81. The fraction of sp³-hybridized carbons (Fsp3) is 0.385. The van der Waals surface area contributed by atoms with Crippen LogP contribution in [-0.4, -0.2) is 42.0 Å². The monoisotopic (exact) mass is 284 g/mol. The highest BCUT2D eigenvalue weighted by molar-refractivity contribution is 6.31. The van der Waals surface area contributed by atoms with E-state index in [9.17, 15) is 9.59 Å². The summed E-state index contributed by atoms with van der Waals surface area (Å²) in [6.07, 6.45) is -0.117. The lowest BCUT2D eigenvalue weighted by atomic mass is 10.1. The van der Waals surface area contributed by atoms with Gasteiger partial charge in [-0.3, -0.25) is 14.5 Å². The Hall–Kier alpha value is -1.59. The number of rotatable bonds is 5. The summed E-state index contributed by atoms with van der Waals surface area (Å²) in [7, 11) is 3.24. The standard InChI is InChI=1S/C13H17ClN2O3/c1-8-4-5-9(14)6-10(8)15-12(17)7-11(13(18)19)16(2)3/h4-6,11H,7H2,1-3H3,(H,15,17)(H,18,19). The molecule has 0 radical (unpaired) electrons. The molecule has 104 valence electrons. The fourth-order valence-corrected chi connectivity index (χ4v) is 1.77. The number of halogens is 1. The smallest absolute Gasteiger partial charge is 0.321 e. The summed E-state index contributed by atoms with van der Waals surface area (Å²) >= 11 is 5.85. The number of nitrogens with zero attached hydrogens (tertiary/aromatic N) is 1. The van der Waals surface area contributed by atoms with Crippen LogP contribution in [0.1, 0.15) is 12.0 Å². The lowest BCUT2D eigenvalue weighted by Gasteiger charge is -2.19. The average molecular weight is 285 g/mol. The van der Waals surface area contributed by atoms with Crippen LogP contribution in [0.4, 0.5) is 5.69 Å². The normalized spacial score (nSPS) is 12.3. The number of hydrogen-bond acceptors (Lipinski definition) is 3. The molecule has 0 heterocycles. The Morgan fingerprint density at radius 2 is 2.05 bits per heavy atom. The first-order valence-electron chi connectivity index (χ1n) is 5.76. The highest BCUT2D eigenvalue weighted by Crippen LogP contribution is 2.20. The second-order valence-electron chi connectivity index (χ2n) is 4.53. The van der Waals surface area contributed by atoms with Gasteiger partial charge in [0.05, 0.1) is 6.42 Å². The van der Waals surface area contributed by atoms with Crippen LogP contribution in [0.15, 0.2) is 18.2 Å². The molecule has 0 saturated heterocycles. The molecule has 1 amide bonds. The molecule has 1 aromatic rings. The van der Waals surface area contributed by atoms with Crippen molar-refractivity contribution in [1.29, 1.82) is 0 Å². The van der Waals surface area contributed by atoms with E-state index in [1.807, 2.05) is 6.92 Å². The zero-order chi connectivity index (χ0) is 14.6. The van der Waals surface area contributed by atoms with Crippen molar-refractivity contribution < 1.29 is 14.7 Å². The third-order valence-electron chi connectivity index (χ3n) is 2.76. The molecular weight excluding hydrogens is 268 g/mol. The number of likely N-dealkylation sites (N-methyl/N-ethyl adjacent to an activating group) is 1. The topological polar surface area (TPSA) is 69.6 Å². The van der Waals surface area contributed by atoms with Crippen LogP contribution in [0.5, 0.6) is 0 Å². The molecule has 0 fully saturated rings. The zero-order valence-corrected chi connectivity index (χ0v) is 11.9. The van der Waals surface area contributed by atoms with Crippen LogP contribution in [0.25, 0.3) is 0 Å². The van der Waals surface area contributed by atoms with E-state index in [0.717, 1.165) is 5.56 Å². The Bertz CT molecular complexity index is 489. The number of aryl methyl sites for hydroxylation is 1. The third kappa shape index (κ3) is 4.54. The molecule has 5 nitrogen and oxygen atoms in total. The van der Waals surface area contributed by atoms with Crippen molar-refractivity contribution in [2.75, 3.05) is 19.4 Å². The van der Waals surface area contributed by atoms with Crippen molar-refractivity contribution >= 4 is 29.2 Å². The summed E-state index contributed by atoms with van der Waals surface area (Å²) in [6.45, 7) is 1.84. The second-order valence-corrected chi connectivity index (χ2v) is 4.97. The van der Waals surface area contributed by atoms with E-state index in [1.165, 1.54) is 4.90 Å². The van der Waals surface area contributed by atoms with Crippen LogP contribution in [0.3, 0.4) is 0 Å². The van der Waals surface area contributed by atoms with E-state index in [0.29, 0.717) is 10.7 Å². The minimum atomic E-state index is -1.03. The van der Waals surface area contributed by atoms with Crippen molar-refractivity contribution in [2.24, 2.45) is 0 Å². The number of benzene rings is 1. The molecule has 6 heteroatoms. The van der Waals surface area contributed by atoms with Crippen LogP contribution in [-0.2, 0) is 9.59 Å². The summed E-state index contributed by atoms with van der Waals surface area (Å²) < 4.78 is 0.